The van der Waals surface area contributed by atoms with Crippen molar-refractivity contribution in [3.63, 3.8) is 0 Å². The second-order valence-electron chi connectivity index (χ2n) is 11.4. The number of fused-ring (bicyclic) bond motifs is 3. The summed E-state index contributed by atoms with van der Waals surface area (Å²) in [7, 11) is 0. The average molecular weight is 518 g/mol. The maximum Gasteiger partial charge on any atom is 0.0781 e. The van der Waals surface area contributed by atoms with Crippen molar-refractivity contribution in [3.05, 3.63) is 139 Å². The summed E-state index contributed by atoms with van der Waals surface area (Å²) in [6.07, 6.45) is 1.90. The summed E-state index contributed by atoms with van der Waals surface area (Å²) in [5, 5.41) is 2.35. The molecule has 40 heavy (non-hydrogen) atoms. The molecule has 0 spiro atoms. The minimum absolute atomic E-state index is 0.108. The van der Waals surface area contributed by atoms with Crippen LogP contribution in [0.25, 0.3) is 22.0 Å². The quantitative estimate of drug-likeness (QED) is 0.232. The fourth-order valence-corrected chi connectivity index (χ4v) is 5.75. The third-order valence-electron chi connectivity index (χ3n) is 7.77. The van der Waals surface area contributed by atoms with Crippen LogP contribution in [0, 0.1) is 0 Å². The summed E-state index contributed by atoms with van der Waals surface area (Å²) < 4.78 is 0. The average Bonchev–Trinajstić information content (AvgIpc) is 2.99. The van der Waals surface area contributed by atoms with Crippen LogP contribution >= 0.6 is 0 Å². The first-order chi connectivity index (χ1) is 19.5. The normalized spacial score (nSPS) is 12.8. The van der Waals surface area contributed by atoms with Crippen molar-refractivity contribution in [1.29, 1.82) is 0 Å². The van der Waals surface area contributed by atoms with Crippen molar-refractivity contribution < 1.29 is 0 Å². The second-order valence-corrected chi connectivity index (χ2v) is 11.4. The van der Waals surface area contributed by atoms with Crippen LogP contribution in [0.4, 0.5) is 34.1 Å². The van der Waals surface area contributed by atoms with Gasteiger partial charge in [-0.3, -0.25) is 4.98 Å². The van der Waals surface area contributed by atoms with E-state index in [-0.39, 0.29) is 5.41 Å². The highest BCUT2D eigenvalue weighted by Gasteiger charge is 2.30. The molecule has 0 unspecified atom stereocenters. The van der Waals surface area contributed by atoms with Gasteiger partial charge >= 0.3 is 0 Å². The maximum atomic E-state index is 4.80. The van der Waals surface area contributed by atoms with E-state index in [4.69, 9.17) is 4.98 Å². The van der Waals surface area contributed by atoms with Gasteiger partial charge in [0.1, 0.15) is 0 Å². The molecule has 6 aromatic rings. The van der Waals surface area contributed by atoms with Crippen LogP contribution in [0.3, 0.4) is 0 Å². The Balaban J connectivity index is 1.39. The molecule has 3 nitrogen and oxygen atoms in total. The van der Waals surface area contributed by atoms with E-state index in [2.05, 4.69) is 158 Å². The number of aromatic nitrogens is 1. The van der Waals surface area contributed by atoms with Crippen molar-refractivity contribution in [3.8, 4) is 11.3 Å². The lowest BCUT2D eigenvalue weighted by Crippen LogP contribution is -2.24. The molecular formula is C37H31N3. The lowest BCUT2D eigenvalue weighted by atomic mass is 9.87. The Bertz CT molecular complexity index is 1790. The number of pyridine rings is 1. The Labute approximate surface area is 236 Å². The molecular weight excluding hydrogens is 486 g/mol. The summed E-state index contributed by atoms with van der Waals surface area (Å²) in [6, 6.07) is 45.6. The number of hydrogen-bond donors (Lipinski definition) is 0. The molecule has 0 atom stereocenters. The van der Waals surface area contributed by atoms with E-state index in [9.17, 15) is 0 Å². The zero-order valence-electron chi connectivity index (χ0n) is 23.0. The van der Waals surface area contributed by atoms with Gasteiger partial charge in [0.15, 0.2) is 0 Å². The SMILES string of the molecule is CC(C)(C)c1ccc(N2c3ccccc3N(c3cccc(-c4nccc5ccccc45)c3)c3ccccc32)cc1. The number of rotatable bonds is 3. The minimum Gasteiger partial charge on any atom is -0.306 e. The predicted octanol–water partition coefficient (Wildman–Crippen LogP) is 10.5. The van der Waals surface area contributed by atoms with E-state index in [1.54, 1.807) is 0 Å². The van der Waals surface area contributed by atoms with Crippen LogP contribution in [-0.2, 0) is 5.41 Å². The molecule has 1 aromatic heterocycles. The highest BCUT2D eigenvalue weighted by Crippen LogP contribution is 2.54. The van der Waals surface area contributed by atoms with Crippen molar-refractivity contribution in [2.24, 2.45) is 0 Å². The largest absolute Gasteiger partial charge is 0.306 e. The molecule has 7 rings (SSSR count). The monoisotopic (exact) mass is 517 g/mol. The topological polar surface area (TPSA) is 19.4 Å². The Hall–Kier alpha value is -4.89. The Morgan fingerprint density at radius 1 is 0.525 bits per heavy atom. The second kappa shape index (κ2) is 9.39. The summed E-state index contributed by atoms with van der Waals surface area (Å²) in [6.45, 7) is 6.77. The number of hydrogen-bond acceptors (Lipinski definition) is 3. The highest BCUT2D eigenvalue weighted by atomic mass is 15.3. The summed E-state index contributed by atoms with van der Waals surface area (Å²) >= 11 is 0. The molecule has 0 saturated carbocycles. The van der Waals surface area contributed by atoms with Crippen LogP contribution in [0.1, 0.15) is 26.3 Å². The van der Waals surface area contributed by atoms with Gasteiger partial charge in [-0.05, 0) is 71.0 Å². The Morgan fingerprint density at radius 3 is 1.73 bits per heavy atom. The molecule has 2 heterocycles. The Morgan fingerprint density at radius 2 is 1.10 bits per heavy atom. The number of benzene rings is 5. The maximum absolute atomic E-state index is 4.80. The van der Waals surface area contributed by atoms with Crippen LogP contribution in [0.5, 0.6) is 0 Å². The highest BCUT2D eigenvalue weighted by molar-refractivity contribution is 6.02. The molecule has 1 aliphatic rings. The van der Waals surface area contributed by atoms with Gasteiger partial charge in [0.25, 0.3) is 0 Å². The first-order valence-electron chi connectivity index (χ1n) is 13.8. The van der Waals surface area contributed by atoms with Crippen LogP contribution in [-0.4, -0.2) is 4.98 Å². The van der Waals surface area contributed by atoms with Gasteiger partial charge in [0, 0.05) is 28.5 Å². The molecule has 3 heteroatoms. The molecule has 1 aliphatic heterocycles. The van der Waals surface area contributed by atoms with Gasteiger partial charge in [0.2, 0.25) is 0 Å². The smallest absolute Gasteiger partial charge is 0.0781 e. The first-order valence-corrected chi connectivity index (χ1v) is 13.8. The van der Waals surface area contributed by atoms with E-state index in [1.807, 2.05) is 6.20 Å². The van der Waals surface area contributed by atoms with Crippen LogP contribution in [0.2, 0.25) is 0 Å². The van der Waals surface area contributed by atoms with Crippen LogP contribution in [0.15, 0.2) is 134 Å². The molecule has 0 N–H and O–H groups in total. The van der Waals surface area contributed by atoms with Gasteiger partial charge in [-0.25, -0.2) is 0 Å². The van der Waals surface area contributed by atoms with Gasteiger partial charge in [0.05, 0.1) is 28.4 Å². The van der Waals surface area contributed by atoms with Crippen molar-refractivity contribution in [1.82, 2.24) is 4.98 Å². The van der Waals surface area contributed by atoms with Crippen molar-refractivity contribution in [2.45, 2.75) is 26.2 Å². The van der Waals surface area contributed by atoms with E-state index in [0.717, 1.165) is 50.8 Å². The molecule has 0 aliphatic carbocycles. The summed E-state index contributed by atoms with van der Waals surface area (Å²) in [5.41, 5.74) is 10.4. The number of para-hydroxylation sites is 4. The number of nitrogens with zero attached hydrogens (tertiary/aromatic N) is 3. The fourth-order valence-electron chi connectivity index (χ4n) is 5.75. The fraction of sp³-hybridized carbons (Fsp3) is 0.108. The van der Waals surface area contributed by atoms with Gasteiger partial charge in [-0.15, -0.1) is 0 Å². The van der Waals surface area contributed by atoms with Gasteiger partial charge in [-0.2, -0.15) is 0 Å². The molecule has 0 radical (unpaired) electrons. The zero-order chi connectivity index (χ0) is 27.3. The molecule has 0 saturated heterocycles. The van der Waals surface area contributed by atoms with Crippen molar-refractivity contribution >= 4 is 44.9 Å². The lowest BCUT2D eigenvalue weighted by Gasteiger charge is -2.40. The molecule has 0 amide bonds. The first kappa shape index (κ1) is 24.2. The van der Waals surface area contributed by atoms with E-state index >= 15 is 0 Å². The number of anilines is 6. The van der Waals surface area contributed by atoms with E-state index in [0.29, 0.717) is 0 Å². The minimum atomic E-state index is 0.108. The van der Waals surface area contributed by atoms with E-state index in [1.165, 1.54) is 10.9 Å². The third kappa shape index (κ3) is 4.02. The van der Waals surface area contributed by atoms with E-state index < -0.39 is 0 Å². The molecule has 5 aromatic carbocycles. The summed E-state index contributed by atoms with van der Waals surface area (Å²) in [4.78, 5) is 9.55. The molecule has 0 fully saturated rings. The summed E-state index contributed by atoms with van der Waals surface area (Å²) in [5.74, 6) is 0. The Kier molecular flexibility index (Phi) is 5.67. The molecule has 194 valence electrons. The third-order valence-corrected chi connectivity index (χ3v) is 7.77. The lowest BCUT2D eigenvalue weighted by molar-refractivity contribution is 0.590. The zero-order valence-corrected chi connectivity index (χ0v) is 23.0. The molecule has 0 bridgehead atoms. The van der Waals surface area contributed by atoms with Crippen LogP contribution < -0.4 is 9.80 Å². The standard InChI is InChI=1S/C37H31N3/c1-37(2,3)28-19-21-29(22-20-28)39-32-15-6-8-17-34(32)40(35-18-9-7-16-33(35)39)30-13-10-12-27(25-30)36-31-14-5-4-11-26(31)23-24-38-36/h4-25H,1-3H3. The van der Waals surface area contributed by atoms with Gasteiger partial charge in [-0.1, -0.05) is 93.6 Å². The van der Waals surface area contributed by atoms with Crippen molar-refractivity contribution in [2.75, 3.05) is 9.80 Å². The predicted molar refractivity (Wildman–Crippen MR) is 169 cm³/mol. The van der Waals surface area contributed by atoms with Gasteiger partial charge < -0.3 is 9.80 Å².